The Hall–Kier alpha value is -1.90. The first-order valence-electron chi connectivity index (χ1n) is 9.47. The summed E-state index contributed by atoms with van der Waals surface area (Å²) in [6.07, 6.45) is 2.72. The van der Waals surface area contributed by atoms with E-state index < -0.39 is 20.0 Å². The summed E-state index contributed by atoms with van der Waals surface area (Å²) >= 11 is 0. The van der Waals surface area contributed by atoms with Crippen LogP contribution in [-0.4, -0.2) is 34.2 Å². The molecule has 2 aromatic rings. The van der Waals surface area contributed by atoms with Gasteiger partial charge in [-0.3, -0.25) is 4.72 Å². The van der Waals surface area contributed by atoms with E-state index in [1.807, 2.05) is 12.1 Å². The summed E-state index contributed by atoms with van der Waals surface area (Å²) in [6.45, 7) is 5.25. The van der Waals surface area contributed by atoms with Gasteiger partial charge in [0.15, 0.2) is 0 Å². The van der Waals surface area contributed by atoms with Gasteiger partial charge in [0.2, 0.25) is 10.0 Å². The fourth-order valence-corrected chi connectivity index (χ4v) is 5.77. The van der Waals surface area contributed by atoms with Crippen molar-refractivity contribution >= 4 is 25.7 Å². The van der Waals surface area contributed by atoms with Crippen molar-refractivity contribution < 1.29 is 16.8 Å². The Labute approximate surface area is 167 Å². The lowest BCUT2D eigenvalue weighted by atomic mass is 9.99. The molecule has 0 spiro atoms. The summed E-state index contributed by atoms with van der Waals surface area (Å²) in [5, 5.41) is 0. The van der Waals surface area contributed by atoms with E-state index in [4.69, 9.17) is 0 Å². The molecule has 1 heterocycles. The Morgan fingerprint density at radius 3 is 1.96 bits per heavy atom. The quantitative estimate of drug-likeness (QED) is 0.736. The van der Waals surface area contributed by atoms with E-state index in [0.29, 0.717) is 24.7 Å². The highest BCUT2D eigenvalue weighted by Crippen LogP contribution is 2.24. The third kappa shape index (κ3) is 4.39. The topological polar surface area (TPSA) is 83.5 Å². The van der Waals surface area contributed by atoms with Crippen molar-refractivity contribution in [2.75, 3.05) is 17.8 Å². The van der Waals surface area contributed by atoms with Gasteiger partial charge in [0.25, 0.3) is 10.0 Å². The number of benzene rings is 2. The molecule has 1 aliphatic heterocycles. The number of nitrogens with zero attached hydrogens (tertiary/aromatic N) is 1. The van der Waals surface area contributed by atoms with Crippen molar-refractivity contribution in [3.05, 3.63) is 54.1 Å². The Kier molecular flexibility index (Phi) is 6.12. The molecular weight excluding hydrogens is 396 g/mol. The molecule has 152 valence electrons. The second-order valence-electron chi connectivity index (χ2n) is 7.12. The first-order chi connectivity index (χ1) is 13.2. The summed E-state index contributed by atoms with van der Waals surface area (Å²) in [5.74, 6) is 0.413. The minimum atomic E-state index is -3.79. The number of hydrogen-bond acceptors (Lipinski definition) is 4. The monoisotopic (exact) mass is 422 g/mol. The van der Waals surface area contributed by atoms with Gasteiger partial charge in [0, 0.05) is 18.8 Å². The molecule has 28 heavy (non-hydrogen) atoms. The summed E-state index contributed by atoms with van der Waals surface area (Å²) in [5.41, 5.74) is 1.63. The smallest absolute Gasteiger partial charge is 0.261 e. The Bertz CT molecular complexity index is 1010. The molecule has 0 saturated carbocycles. The van der Waals surface area contributed by atoms with Crippen molar-refractivity contribution in [2.45, 2.75) is 48.8 Å². The van der Waals surface area contributed by atoms with E-state index in [1.54, 1.807) is 12.1 Å². The second-order valence-corrected chi connectivity index (χ2v) is 10.7. The zero-order chi connectivity index (χ0) is 20.4. The molecule has 0 aromatic heterocycles. The fourth-order valence-electron chi connectivity index (χ4n) is 3.20. The van der Waals surface area contributed by atoms with E-state index in [1.165, 1.54) is 28.6 Å². The van der Waals surface area contributed by atoms with Gasteiger partial charge in [-0.05, 0) is 67.1 Å². The standard InChI is InChI=1S/C20H26N2O4S2/c1-3-16(2)17-6-8-18(9-7-17)21-27(23,24)19-10-12-20(13-11-19)28(25,26)22-14-4-5-15-22/h6-13,16,21H,3-5,14-15H2,1-2H3/t16-/m1/s1. The van der Waals surface area contributed by atoms with Crippen LogP contribution in [0.2, 0.25) is 0 Å². The molecule has 0 bridgehead atoms. The maximum absolute atomic E-state index is 12.6. The number of nitrogens with one attached hydrogen (secondary N) is 1. The number of hydrogen-bond donors (Lipinski definition) is 1. The summed E-state index contributed by atoms with van der Waals surface area (Å²) < 4.78 is 54.3. The van der Waals surface area contributed by atoms with E-state index >= 15 is 0 Å². The molecule has 6 nitrogen and oxygen atoms in total. The van der Waals surface area contributed by atoms with E-state index in [2.05, 4.69) is 18.6 Å². The maximum Gasteiger partial charge on any atom is 0.261 e. The zero-order valence-electron chi connectivity index (χ0n) is 16.1. The second kappa shape index (κ2) is 8.23. The average molecular weight is 423 g/mol. The van der Waals surface area contributed by atoms with Gasteiger partial charge in [0.1, 0.15) is 0 Å². The van der Waals surface area contributed by atoms with Crippen molar-refractivity contribution in [1.82, 2.24) is 4.31 Å². The molecule has 1 aliphatic rings. The molecule has 1 fully saturated rings. The van der Waals surface area contributed by atoms with Gasteiger partial charge in [0.05, 0.1) is 9.79 Å². The lowest BCUT2D eigenvalue weighted by Crippen LogP contribution is -2.27. The number of rotatable bonds is 7. The Balaban J connectivity index is 1.77. The van der Waals surface area contributed by atoms with Crippen LogP contribution in [0.1, 0.15) is 44.6 Å². The predicted molar refractivity (Wildman–Crippen MR) is 110 cm³/mol. The van der Waals surface area contributed by atoms with Crippen LogP contribution in [0.5, 0.6) is 0 Å². The molecule has 0 unspecified atom stereocenters. The van der Waals surface area contributed by atoms with Gasteiger partial charge < -0.3 is 0 Å². The molecule has 2 aromatic carbocycles. The highest BCUT2D eigenvalue weighted by molar-refractivity contribution is 7.92. The van der Waals surface area contributed by atoms with Crippen molar-refractivity contribution in [3.63, 3.8) is 0 Å². The van der Waals surface area contributed by atoms with Crippen LogP contribution in [0, 0.1) is 0 Å². The third-order valence-electron chi connectivity index (χ3n) is 5.18. The fraction of sp³-hybridized carbons (Fsp3) is 0.400. The summed E-state index contributed by atoms with van der Waals surface area (Å²) in [4.78, 5) is 0.144. The van der Waals surface area contributed by atoms with Crippen molar-refractivity contribution in [2.24, 2.45) is 0 Å². The highest BCUT2D eigenvalue weighted by atomic mass is 32.2. The van der Waals surface area contributed by atoms with Crippen LogP contribution in [0.4, 0.5) is 5.69 Å². The van der Waals surface area contributed by atoms with Gasteiger partial charge >= 0.3 is 0 Å². The molecule has 1 atom stereocenters. The molecule has 1 N–H and O–H groups in total. The van der Waals surface area contributed by atoms with Gasteiger partial charge in [-0.25, -0.2) is 16.8 Å². The van der Waals surface area contributed by atoms with Crippen molar-refractivity contribution in [3.8, 4) is 0 Å². The molecule has 0 radical (unpaired) electrons. The third-order valence-corrected chi connectivity index (χ3v) is 8.49. The maximum atomic E-state index is 12.6. The molecule has 0 amide bonds. The minimum Gasteiger partial charge on any atom is -0.280 e. The number of anilines is 1. The zero-order valence-corrected chi connectivity index (χ0v) is 17.8. The van der Waals surface area contributed by atoms with Crippen LogP contribution in [0.25, 0.3) is 0 Å². The van der Waals surface area contributed by atoms with Crippen molar-refractivity contribution in [1.29, 1.82) is 0 Å². The Morgan fingerprint density at radius 2 is 1.43 bits per heavy atom. The van der Waals surface area contributed by atoms with Crippen LogP contribution >= 0.6 is 0 Å². The molecule has 8 heteroatoms. The first kappa shape index (κ1) is 20.8. The average Bonchev–Trinajstić information content (AvgIpc) is 3.23. The normalized spacial score (nSPS) is 16.8. The SMILES string of the molecule is CC[C@@H](C)c1ccc(NS(=O)(=O)c2ccc(S(=O)(=O)N3CCCC3)cc2)cc1. The van der Waals surface area contributed by atoms with E-state index in [-0.39, 0.29) is 9.79 Å². The molecule has 3 rings (SSSR count). The van der Waals surface area contributed by atoms with Gasteiger partial charge in [-0.2, -0.15) is 4.31 Å². The van der Waals surface area contributed by atoms with Crippen LogP contribution in [0.15, 0.2) is 58.3 Å². The first-order valence-corrected chi connectivity index (χ1v) is 12.4. The summed E-state index contributed by atoms with van der Waals surface area (Å²) in [6, 6.07) is 12.7. The summed E-state index contributed by atoms with van der Waals surface area (Å²) in [7, 11) is -7.35. The van der Waals surface area contributed by atoms with Gasteiger partial charge in [-0.1, -0.05) is 26.0 Å². The molecule has 0 aliphatic carbocycles. The molecule has 1 saturated heterocycles. The highest BCUT2D eigenvalue weighted by Gasteiger charge is 2.27. The van der Waals surface area contributed by atoms with Crippen LogP contribution in [0.3, 0.4) is 0 Å². The van der Waals surface area contributed by atoms with Crippen LogP contribution in [-0.2, 0) is 20.0 Å². The lowest BCUT2D eigenvalue weighted by Gasteiger charge is -2.16. The predicted octanol–water partition coefficient (Wildman–Crippen LogP) is 3.79. The van der Waals surface area contributed by atoms with E-state index in [9.17, 15) is 16.8 Å². The minimum absolute atomic E-state index is 0.0267. The lowest BCUT2D eigenvalue weighted by molar-refractivity contribution is 0.477. The largest absolute Gasteiger partial charge is 0.280 e. The van der Waals surface area contributed by atoms with Gasteiger partial charge in [-0.15, -0.1) is 0 Å². The van der Waals surface area contributed by atoms with Crippen LogP contribution < -0.4 is 4.72 Å². The van der Waals surface area contributed by atoms with E-state index in [0.717, 1.165) is 24.8 Å². The number of sulfonamides is 2. The molecular formula is C20H26N2O4S2. The Morgan fingerprint density at radius 1 is 0.893 bits per heavy atom.